The molecule has 0 aliphatic heterocycles. The molecule has 1 rings (SSSR count). The molecule has 5 nitrogen and oxygen atoms in total. The molecule has 0 aromatic heterocycles. The molecular weight excluding hydrogens is 268 g/mol. The molecule has 1 amide bonds. The second-order valence-corrected chi connectivity index (χ2v) is 5.23. The van der Waals surface area contributed by atoms with Crippen molar-refractivity contribution < 1.29 is 9.72 Å². The SMILES string of the molecule is CC(C)N(C(=O)c1ccc(Cl)c([N+](=O)[O-])c1)C(C)C. The fourth-order valence-corrected chi connectivity index (χ4v) is 2.19. The van der Waals surface area contributed by atoms with Crippen LogP contribution >= 0.6 is 11.6 Å². The Morgan fingerprint density at radius 1 is 1.26 bits per heavy atom. The smallest absolute Gasteiger partial charge is 0.288 e. The van der Waals surface area contributed by atoms with Crippen LogP contribution in [0.3, 0.4) is 0 Å². The van der Waals surface area contributed by atoms with E-state index in [0.717, 1.165) is 0 Å². The molecule has 0 N–H and O–H groups in total. The Morgan fingerprint density at radius 2 is 1.79 bits per heavy atom. The van der Waals surface area contributed by atoms with E-state index in [1.807, 2.05) is 27.7 Å². The van der Waals surface area contributed by atoms with Crippen LogP contribution in [0.4, 0.5) is 5.69 Å². The zero-order chi connectivity index (χ0) is 14.7. The average Bonchev–Trinajstić information content (AvgIpc) is 2.27. The molecule has 0 unspecified atom stereocenters. The summed E-state index contributed by atoms with van der Waals surface area (Å²) in [6, 6.07) is 4.15. The number of carbonyl (C=O) groups excluding carboxylic acids is 1. The minimum absolute atomic E-state index is 0.0160. The van der Waals surface area contributed by atoms with E-state index in [9.17, 15) is 14.9 Å². The number of hydrogen-bond acceptors (Lipinski definition) is 3. The maximum Gasteiger partial charge on any atom is 0.288 e. The van der Waals surface area contributed by atoms with Gasteiger partial charge in [-0.15, -0.1) is 0 Å². The predicted octanol–water partition coefficient (Wildman–Crippen LogP) is 3.51. The predicted molar refractivity (Wildman–Crippen MR) is 74.5 cm³/mol. The number of hydrogen-bond donors (Lipinski definition) is 0. The largest absolute Gasteiger partial charge is 0.334 e. The van der Waals surface area contributed by atoms with Crippen molar-refractivity contribution in [3.8, 4) is 0 Å². The maximum atomic E-state index is 12.4. The van der Waals surface area contributed by atoms with Gasteiger partial charge < -0.3 is 4.90 Å². The number of rotatable bonds is 4. The van der Waals surface area contributed by atoms with E-state index in [0.29, 0.717) is 0 Å². The van der Waals surface area contributed by atoms with Crippen molar-refractivity contribution in [3.63, 3.8) is 0 Å². The molecule has 0 saturated carbocycles. The van der Waals surface area contributed by atoms with Crippen molar-refractivity contribution in [1.82, 2.24) is 4.90 Å². The van der Waals surface area contributed by atoms with E-state index >= 15 is 0 Å². The highest BCUT2D eigenvalue weighted by Crippen LogP contribution is 2.26. The Morgan fingerprint density at radius 3 is 2.21 bits per heavy atom. The number of amides is 1. The maximum absolute atomic E-state index is 12.4. The molecule has 1 aromatic carbocycles. The zero-order valence-corrected chi connectivity index (χ0v) is 12.1. The summed E-state index contributed by atoms with van der Waals surface area (Å²) in [5.74, 6) is -0.232. The molecule has 0 aliphatic rings. The summed E-state index contributed by atoms with van der Waals surface area (Å²) in [4.78, 5) is 24.3. The van der Waals surface area contributed by atoms with Gasteiger partial charge in [0.15, 0.2) is 0 Å². The van der Waals surface area contributed by atoms with Crippen molar-refractivity contribution in [2.75, 3.05) is 0 Å². The van der Waals surface area contributed by atoms with Gasteiger partial charge in [0.2, 0.25) is 0 Å². The van der Waals surface area contributed by atoms with Crippen molar-refractivity contribution in [2.45, 2.75) is 39.8 Å². The summed E-state index contributed by atoms with van der Waals surface area (Å²) in [6.07, 6.45) is 0. The molecule has 104 valence electrons. The van der Waals surface area contributed by atoms with Crippen molar-refractivity contribution >= 4 is 23.2 Å². The number of nitrogens with zero attached hydrogens (tertiary/aromatic N) is 2. The van der Waals surface area contributed by atoms with Gasteiger partial charge in [0.1, 0.15) is 5.02 Å². The molecular formula is C13H17ClN2O3. The molecule has 19 heavy (non-hydrogen) atoms. The molecule has 0 atom stereocenters. The number of benzene rings is 1. The number of nitro groups is 1. The Hall–Kier alpha value is -1.62. The van der Waals surface area contributed by atoms with Crippen LogP contribution in [0.15, 0.2) is 18.2 Å². The van der Waals surface area contributed by atoms with Gasteiger partial charge in [-0.2, -0.15) is 0 Å². The molecule has 6 heteroatoms. The van der Waals surface area contributed by atoms with Crippen LogP contribution in [0.5, 0.6) is 0 Å². The molecule has 0 spiro atoms. The van der Waals surface area contributed by atoms with Crippen molar-refractivity contribution in [3.05, 3.63) is 38.9 Å². The fraction of sp³-hybridized carbons (Fsp3) is 0.462. The van der Waals surface area contributed by atoms with Crippen LogP contribution in [0.2, 0.25) is 5.02 Å². The van der Waals surface area contributed by atoms with Crippen LogP contribution in [-0.4, -0.2) is 27.8 Å². The monoisotopic (exact) mass is 284 g/mol. The van der Waals surface area contributed by atoms with Crippen LogP contribution in [-0.2, 0) is 0 Å². The second kappa shape index (κ2) is 6.02. The van der Waals surface area contributed by atoms with Gasteiger partial charge in [0.25, 0.3) is 11.6 Å². The number of halogens is 1. The average molecular weight is 285 g/mol. The minimum atomic E-state index is -0.589. The first-order chi connectivity index (χ1) is 8.75. The summed E-state index contributed by atoms with van der Waals surface area (Å²) in [7, 11) is 0. The first-order valence-electron chi connectivity index (χ1n) is 6.02. The standard InChI is InChI=1S/C13H17ClN2O3/c1-8(2)15(9(3)4)13(17)10-5-6-11(14)12(7-10)16(18)19/h5-9H,1-4H3. The van der Waals surface area contributed by atoms with E-state index in [-0.39, 0.29) is 34.3 Å². The molecule has 1 aromatic rings. The van der Waals surface area contributed by atoms with Crippen LogP contribution in [0.1, 0.15) is 38.1 Å². The lowest BCUT2D eigenvalue weighted by molar-refractivity contribution is -0.384. The summed E-state index contributed by atoms with van der Waals surface area (Å²) < 4.78 is 0. The summed E-state index contributed by atoms with van der Waals surface area (Å²) in [5.41, 5.74) is 0.0264. The normalized spacial score (nSPS) is 10.9. The van der Waals surface area contributed by atoms with E-state index < -0.39 is 4.92 Å². The zero-order valence-electron chi connectivity index (χ0n) is 11.4. The van der Waals surface area contributed by atoms with Gasteiger partial charge in [0, 0.05) is 23.7 Å². The third kappa shape index (κ3) is 3.44. The molecule has 0 fully saturated rings. The first-order valence-corrected chi connectivity index (χ1v) is 6.40. The highest BCUT2D eigenvalue weighted by molar-refractivity contribution is 6.32. The topological polar surface area (TPSA) is 63.5 Å². The van der Waals surface area contributed by atoms with Gasteiger partial charge in [0.05, 0.1) is 4.92 Å². The van der Waals surface area contributed by atoms with Gasteiger partial charge in [-0.05, 0) is 39.8 Å². The lowest BCUT2D eigenvalue weighted by Crippen LogP contribution is -2.42. The Kier molecular flexibility index (Phi) is 4.89. The lowest BCUT2D eigenvalue weighted by Gasteiger charge is -2.30. The fourth-order valence-electron chi connectivity index (χ4n) is 2.00. The third-order valence-corrected chi connectivity index (χ3v) is 3.06. The lowest BCUT2D eigenvalue weighted by atomic mass is 10.1. The molecule has 0 bridgehead atoms. The number of carbonyl (C=O) groups is 1. The van der Waals surface area contributed by atoms with E-state index in [2.05, 4.69) is 0 Å². The molecule has 0 heterocycles. The highest BCUT2D eigenvalue weighted by atomic mass is 35.5. The Balaban J connectivity index is 3.19. The van der Waals surface area contributed by atoms with E-state index in [1.54, 1.807) is 4.90 Å². The van der Waals surface area contributed by atoms with Crippen molar-refractivity contribution in [1.29, 1.82) is 0 Å². The van der Waals surface area contributed by atoms with Crippen LogP contribution < -0.4 is 0 Å². The summed E-state index contributed by atoms with van der Waals surface area (Å²) in [6.45, 7) is 7.62. The van der Waals surface area contributed by atoms with Crippen molar-refractivity contribution in [2.24, 2.45) is 0 Å². The summed E-state index contributed by atoms with van der Waals surface area (Å²) in [5, 5.41) is 10.9. The number of nitro benzene ring substituents is 1. The second-order valence-electron chi connectivity index (χ2n) is 4.82. The minimum Gasteiger partial charge on any atom is -0.334 e. The van der Waals surface area contributed by atoms with Gasteiger partial charge in [-0.1, -0.05) is 11.6 Å². The summed E-state index contributed by atoms with van der Waals surface area (Å²) >= 11 is 5.73. The van der Waals surface area contributed by atoms with E-state index in [1.165, 1.54) is 18.2 Å². The van der Waals surface area contributed by atoms with Gasteiger partial charge in [-0.25, -0.2) is 0 Å². The molecule has 0 radical (unpaired) electrons. The van der Waals surface area contributed by atoms with E-state index in [4.69, 9.17) is 11.6 Å². The van der Waals surface area contributed by atoms with Gasteiger partial charge >= 0.3 is 0 Å². The Labute approximate surface area is 117 Å². The van der Waals surface area contributed by atoms with Crippen LogP contribution in [0.25, 0.3) is 0 Å². The first kappa shape index (κ1) is 15.4. The molecule has 0 saturated heterocycles. The quantitative estimate of drug-likeness (QED) is 0.628. The Bertz CT molecular complexity index is 493. The van der Waals surface area contributed by atoms with Crippen LogP contribution in [0, 0.1) is 10.1 Å². The molecule has 0 aliphatic carbocycles. The highest BCUT2D eigenvalue weighted by Gasteiger charge is 2.24. The third-order valence-electron chi connectivity index (χ3n) is 2.74. The van der Waals surface area contributed by atoms with Gasteiger partial charge in [-0.3, -0.25) is 14.9 Å².